The van der Waals surface area contributed by atoms with Crippen molar-refractivity contribution >= 4 is 27.9 Å². The Bertz CT molecular complexity index is 569. The van der Waals surface area contributed by atoms with Gasteiger partial charge in [0.1, 0.15) is 11.6 Å². The molecule has 1 aliphatic rings. The number of hydrogen-bond acceptors (Lipinski definition) is 3. The van der Waals surface area contributed by atoms with Crippen LogP contribution in [0, 0.1) is 11.3 Å². The molecular weight excluding hydrogens is 318 g/mol. The molecular formula is C15H16BrN3O. The summed E-state index contributed by atoms with van der Waals surface area (Å²) in [6, 6.07) is 9.57. The van der Waals surface area contributed by atoms with Gasteiger partial charge < -0.3 is 9.80 Å². The molecule has 1 aromatic rings. The van der Waals surface area contributed by atoms with E-state index in [1.54, 1.807) is 11.0 Å². The van der Waals surface area contributed by atoms with Crippen molar-refractivity contribution in [2.24, 2.45) is 0 Å². The maximum Gasteiger partial charge on any atom is 0.264 e. The first kappa shape index (κ1) is 14.8. The Labute approximate surface area is 127 Å². The normalized spacial score (nSPS) is 16.9. The lowest BCUT2D eigenvalue weighted by atomic mass is 10.1. The molecule has 20 heavy (non-hydrogen) atoms. The highest BCUT2D eigenvalue weighted by atomic mass is 79.9. The number of hydrogen-bond donors (Lipinski definition) is 0. The Balaban J connectivity index is 2.16. The van der Waals surface area contributed by atoms with Crippen molar-refractivity contribution in [2.45, 2.75) is 0 Å². The Morgan fingerprint density at radius 3 is 2.65 bits per heavy atom. The molecule has 104 valence electrons. The minimum absolute atomic E-state index is 0.180. The van der Waals surface area contributed by atoms with E-state index in [1.165, 1.54) is 0 Å². The van der Waals surface area contributed by atoms with Gasteiger partial charge >= 0.3 is 0 Å². The first-order valence-corrected chi connectivity index (χ1v) is 7.24. The van der Waals surface area contributed by atoms with E-state index >= 15 is 0 Å². The van der Waals surface area contributed by atoms with Gasteiger partial charge in [-0.3, -0.25) is 4.79 Å². The third kappa shape index (κ3) is 3.69. The molecule has 0 radical (unpaired) electrons. The number of rotatable bonds is 2. The second kappa shape index (κ2) is 6.69. The minimum Gasteiger partial charge on any atom is -0.335 e. The molecule has 0 saturated carbocycles. The van der Waals surface area contributed by atoms with E-state index < -0.39 is 0 Å². The van der Waals surface area contributed by atoms with Crippen LogP contribution >= 0.6 is 15.9 Å². The van der Waals surface area contributed by atoms with Crippen LogP contribution < -0.4 is 0 Å². The molecule has 0 spiro atoms. The van der Waals surface area contributed by atoms with Crippen molar-refractivity contribution in [3.05, 3.63) is 39.9 Å². The summed E-state index contributed by atoms with van der Waals surface area (Å²) >= 11 is 3.38. The van der Waals surface area contributed by atoms with E-state index in [2.05, 4.69) is 20.8 Å². The zero-order valence-corrected chi connectivity index (χ0v) is 12.9. The van der Waals surface area contributed by atoms with Gasteiger partial charge in [0.25, 0.3) is 5.91 Å². The fraction of sp³-hybridized carbons (Fsp3) is 0.333. The molecule has 5 heteroatoms. The van der Waals surface area contributed by atoms with Crippen LogP contribution in [0.4, 0.5) is 0 Å². The summed E-state index contributed by atoms with van der Waals surface area (Å²) < 4.78 is 0.926. The van der Waals surface area contributed by atoms with E-state index in [-0.39, 0.29) is 11.5 Å². The van der Waals surface area contributed by atoms with Gasteiger partial charge in [0.15, 0.2) is 0 Å². The van der Waals surface area contributed by atoms with Crippen molar-refractivity contribution in [3.8, 4) is 6.07 Å². The fourth-order valence-electron chi connectivity index (χ4n) is 2.08. The zero-order chi connectivity index (χ0) is 14.5. The van der Waals surface area contributed by atoms with E-state index in [9.17, 15) is 10.1 Å². The predicted molar refractivity (Wildman–Crippen MR) is 81.8 cm³/mol. The molecule has 1 aromatic carbocycles. The highest BCUT2D eigenvalue weighted by molar-refractivity contribution is 9.10. The number of carbonyl (C=O) groups is 1. The summed E-state index contributed by atoms with van der Waals surface area (Å²) in [7, 11) is 2.03. The molecule has 1 fully saturated rings. The lowest BCUT2D eigenvalue weighted by Gasteiger charge is -2.32. The Hall–Kier alpha value is -1.64. The maximum atomic E-state index is 12.3. The number of amides is 1. The molecule has 1 amide bonds. The number of likely N-dealkylation sites (N-methyl/N-ethyl adjacent to an activating group) is 1. The lowest BCUT2D eigenvalue weighted by molar-refractivity contribution is -0.128. The summed E-state index contributed by atoms with van der Waals surface area (Å²) in [6.45, 7) is 3.04. The number of nitriles is 1. The maximum absolute atomic E-state index is 12.3. The van der Waals surface area contributed by atoms with E-state index in [0.29, 0.717) is 13.1 Å². The Kier molecular flexibility index (Phi) is 4.94. The second-order valence-corrected chi connectivity index (χ2v) is 5.74. The average Bonchev–Trinajstić information content (AvgIpc) is 2.45. The molecule has 1 saturated heterocycles. The zero-order valence-electron chi connectivity index (χ0n) is 11.3. The SMILES string of the molecule is CN1CCN(C(=O)/C(C#N)=C/c2cccc(Br)c2)CC1. The van der Waals surface area contributed by atoms with Crippen LogP contribution in [0.5, 0.6) is 0 Å². The highest BCUT2D eigenvalue weighted by Crippen LogP contribution is 2.15. The summed E-state index contributed by atoms with van der Waals surface area (Å²) in [5, 5.41) is 9.22. The highest BCUT2D eigenvalue weighted by Gasteiger charge is 2.21. The van der Waals surface area contributed by atoms with E-state index in [0.717, 1.165) is 23.1 Å². The van der Waals surface area contributed by atoms with Crippen molar-refractivity contribution in [2.75, 3.05) is 33.2 Å². The third-order valence-electron chi connectivity index (χ3n) is 3.30. The van der Waals surface area contributed by atoms with Crippen molar-refractivity contribution in [1.82, 2.24) is 9.80 Å². The van der Waals surface area contributed by atoms with Gasteiger partial charge in [0.2, 0.25) is 0 Å². The lowest BCUT2D eigenvalue weighted by Crippen LogP contribution is -2.47. The van der Waals surface area contributed by atoms with Gasteiger partial charge in [-0.2, -0.15) is 5.26 Å². The predicted octanol–water partition coefficient (Wildman–Crippen LogP) is 2.13. The number of benzene rings is 1. The standard InChI is InChI=1S/C15H16BrN3O/c1-18-5-7-19(8-6-18)15(20)13(11-17)9-12-3-2-4-14(16)10-12/h2-4,9-10H,5-8H2,1H3/b13-9+. The van der Waals surface area contributed by atoms with E-state index in [4.69, 9.17) is 0 Å². The van der Waals surface area contributed by atoms with Crippen molar-refractivity contribution in [1.29, 1.82) is 5.26 Å². The van der Waals surface area contributed by atoms with Gasteiger partial charge in [0.05, 0.1) is 0 Å². The van der Waals surface area contributed by atoms with Crippen LogP contribution in [-0.2, 0) is 4.79 Å². The van der Waals surface area contributed by atoms with Crippen LogP contribution in [0.25, 0.3) is 6.08 Å². The smallest absolute Gasteiger partial charge is 0.264 e. The van der Waals surface area contributed by atoms with Gasteiger partial charge in [-0.05, 0) is 30.8 Å². The van der Waals surface area contributed by atoms with Crippen LogP contribution in [-0.4, -0.2) is 48.9 Å². The monoisotopic (exact) mass is 333 g/mol. The molecule has 0 unspecified atom stereocenters. The van der Waals surface area contributed by atoms with Crippen LogP contribution in [0.3, 0.4) is 0 Å². The van der Waals surface area contributed by atoms with Crippen LogP contribution in [0.15, 0.2) is 34.3 Å². The van der Waals surface area contributed by atoms with E-state index in [1.807, 2.05) is 37.4 Å². The molecule has 0 aromatic heterocycles. The summed E-state index contributed by atoms with van der Waals surface area (Å²) in [6.07, 6.45) is 1.64. The number of nitrogens with zero attached hydrogens (tertiary/aromatic N) is 3. The van der Waals surface area contributed by atoms with Gasteiger partial charge in [-0.25, -0.2) is 0 Å². The van der Waals surface area contributed by atoms with Crippen molar-refractivity contribution in [3.63, 3.8) is 0 Å². The summed E-state index contributed by atoms with van der Waals surface area (Å²) in [5.74, 6) is -0.180. The molecule has 2 rings (SSSR count). The molecule has 0 N–H and O–H groups in total. The number of halogens is 1. The Morgan fingerprint density at radius 1 is 1.35 bits per heavy atom. The Morgan fingerprint density at radius 2 is 2.05 bits per heavy atom. The fourth-order valence-corrected chi connectivity index (χ4v) is 2.50. The average molecular weight is 334 g/mol. The van der Waals surface area contributed by atoms with Crippen LogP contribution in [0.2, 0.25) is 0 Å². The van der Waals surface area contributed by atoms with Crippen LogP contribution in [0.1, 0.15) is 5.56 Å². The first-order valence-electron chi connectivity index (χ1n) is 6.45. The van der Waals surface area contributed by atoms with Gasteiger partial charge in [0, 0.05) is 30.7 Å². The molecule has 0 aliphatic carbocycles. The second-order valence-electron chi connectivity index (χ2n) is 4.82. The van der Waals surface area contributed by atoms with Gasteiger partial charge in [-0.15, -0.1) is 0 Å². The molecule has 0 atom stereocenters. The minimum atomic E-state index is -0.180. The first-order chi connectivity index (χ1) is 9.60. The largest absolute Gasteiger partial charge is 0.335 e. The summed E-state index contributed by atoms with van der Waals surface area (Å²) in [4.78, 5) is 16.2. The van der Waals surface area contributed by atoms with Gasteiger partial charge in [-0.1, -0.05) is 28.1 Å². The summed E-state index contributed by atoms with van der Waals surface area (Å²) in [5.41, 5.74) is 1.03. The third-order valence-corrected chi connectivity index (χ3v) is 3.79. The number of piperazine rings is 1. The number of carbonyl (C=O) groups excluding carboxylic acids is 1. The topological polar surface area (TPSA) is 47.3 Å². The van der Waals surface area contributed by atoms with Crippen molar-refractivity contribution < 1.29 is 4.79 Å². The molecule has 1 heterocycles. The molecule has 4 nitrogen and oxygen atoms in total. The molecule has 0 bridgehead atoms. The quantitative estimate of drug-likeness (QED) is 0.615. The molecule has 1 aliphatic heterocycles.